The highest BCUT2D eigenvalue weighted by atomic mass is 32.2. The number of benzene rings is 1. The highest BCUT2D eigenvalue weighted by Crippen LogP contribution is 2.19. The van der Waals surface area contributed by atoms with E-state index in [0.29, 0.717) is 5.69 Å². The van der Waals surface area contributed by atoms with Crippen LogP contribution in [0.3, 0.4) is 0 Å². The van der Waals surface area contributed by atoms with Crippen LogP contribution in [0, 0.1) is 0 Å². The number of carboxylic acid groups (broad SMARTS) is 1. The Balaban J connectivity index is 2.80. The van der Waals surface area contributed by atoms with Gasteiger partial charge in [0.05, 0.1) is 4.75 Å². The minimum Gasteiger partial charge on any atom is -0.480 e. The van der Waals surface area contributed by atoms with Crippen LogP contribution in [0.25, 0.3) is 0 Å². The van der Waals surface area contributed by atoms with Crippen molar-refractivity contribution in [3.8, 4) is 0 Å². The van der Waals surface area contributed by atoms with Crippen LogP contribution in [-0.4, -0.2) is 36.7 Å². The van der Waals surface area contributed by atoms with E-state index in [2.05, 4.69) is 10.0 Å². The summed E-state index contributed by atoms with van der Waals surface area (Å²) in [4.78, 5) is 21.9. The van der Waals surface area contributed by atoms with Crippen LogP contribution in [-0.2, 0) is 14.8 Å². The molecule has 0 fully saturated rings. The number of aliphatic carboxylic acids is 1. The topological polar surface area (TPSA) is 113 Å². The number of hydrogen-bond donors (Lipinski definition) is 3. The largest absolute Gasteiger partial charge is 0.480 e. The van der Waals surface area contributed by atoms with E-state index in [1.807, 2.05) is 0 Å². The Bertz CT molecular complexity index is 630. The molecular formula is C13H18N2O5S. The lowest BCUT2D eigenvalue weighted by molar-refractivity contribution is -0.135. The Labute approximate surface area is 123 Å². The van der Waals surface area contributed by atoms with Gasteiger partial charge in [-0.1, -0.05) is 0 Å². The summed E-state index contributed by atoms with van der Waals surface area (Å²) in [6.45, 7) is 4.24. The Morgan fingerprint density at radius 1 is 1.14 bits per heavy atom. The molecule has 8 heteroatoms. The SMILES string of the molecule is CC(C)(C)S(=O)(=O)Nc1ccc(C(=O)NCC(=O)O)cc1. The first kappa shape index (κ1) is 17.0. The molecule has 0 unspecified atom stereocenters. The normalized spacial score (nSPS) is 11.8. The Kier molecular flexibility index (Phi) is 4.95. The second-order valence-corrected chi connectivity index (χ2v) is 7.81. The van der Waals surface area contributed by atoms with Crippen LogP contribution < -0.4 is 10.0 Å². The molecule has 0 heterocycles. The second-order valence-electron chi connectivity index (χ2n) is 5.37. The summed E-state index contributed by atoms with van der Waals surface area (Å²) in [5, 5.41) is 10.7. The van der Waals surface area contributed by atoms with Gasteiger partial charge >= 0.3 is 5.97 Å². The summed E-state index contributed by atoms with van der Waals surface area (Å²) < 4.78 is 25.4. The van der Waals surface area contributed by atoms with Crippen molar-refractivity contribution in [1.29, 1.82) is 0 Å². The lowest BCUT2D eigenvalue weighted by Crippen LogP contribution is -2.33. The molecule has 21 heavy (non-hydrogen) atoms. The number of rotatable bonds is 5. The summed E-state index contributed by atoms with van der Waals surface area (Å²) in [5.41, 5.74) is 0.578. The van der Waals surface area contributed by atoms with Crippen molar-refractivity contribution in [3.05, 3.63) is 29.8 Å². The van der Waals surface area contributed by atoms with Crippen molar-refractivity contribution in [2.75, 3.05) is 11.3 Å². The van der Waals surface area contributed by atoms with Gasteiger partial charge in [-0.2, -0.15) is 0 Å². The van der Waals surface area contributed by atoms with E-state index in [4.69, 9.17) is 5.11 Å². The molecule has 0 aliphatic heterocycles. The van der Waals surface area contributed by atoms with E-state index >= 15 is 0 Å². The van der Waals surface area contributed by atoms with Gasteiger partial charge < -0.3 is 10.4 Å². The number of nitrogens with one attached hydrogen (secondary N) is 2. The third-order valence-corrected chi connectivity index (χ3v) is 4.72. The fraction of sp³-hybridized carbons (Fsp3) is 0.385. The van der Waals surface area contributed by atoms with E-state index < -0.39 is 33.2 Å². The van der Waals surface area contributed by atoms with E-state index in [0.717, 1.165) is 0 Å². The molecule has 3 N–H and O–H groups in total. The van der Waals surface area contributed by atoms with Crippen molar-refractivity contribution < 1.29 is 23.1 Å². The first-order chi connectivity index (χ1) is 9.53. The van der Waals surface area contributed by atoms with Crippen LogP contribution in [0.1, 0.15) is 31.1 Å². The zero-order chi connectivity index (χ0) is 16.3. The van der Waals surface area contributed by atoms with Gasteiger partial charge in [0.15, 0.2) is 0 Å². The number of carboxylic acids is 1. The maximum Gasteiger partial charge on any atom is 0.322 e. The summed E-state index contributed by atoms with van der Waals surface area (Å²) in [6.07, 6.45) is 0. The standard InChI is InChI=1S/C13H18N2O5S/c1-13(2,3)21(19,20)15-10-6-4-9(5-7-10)12(18)14-8-11(16)17/h4-7,15H,8H2,1-3H3,(H,14,18)(H,16,17). The zero-order valence-corrected chi connectivity index (χ0v) is 12.8. The van der Waals surface area contributed by atoms with Gasteiger partial charge in [0.1, 0.15) is 6.54 Å². The summed E-state index contributed by atoms with van der Waals surface area (Å²) >= 11 is 0. The maximum absolute atomic E-state index is 12.0. The van der Waals surface area contributed by atoms with Crippen molar-refractivity contribution in [3.63, 3.8) is 0 Å². The lowest BCUT2D eigenvalue weighted by atomic mass is 10.2. The number of carbonyl (C=O) groups excluding carboxylic acids is 1. The Morgan fingerprint density at radius 2 is 1.67 bits per heavy atom. The number of anilines is 1. The Hall–Kier alpha value is -2.09. The molecule has 1 rings (SSSR count). The number of hydrogen-bond acceptors (Lipinski definition) is 4. The zero-order valence-electron chi connectivity index (χ0n) is 12.0. The van der Waals surface area contributed by atoms with Crippen molar-refractivity contribution in [2.45, 2.75) is 25.5 Å². The Morgan fingerprint density at radius 3 is 2.10 bits per heavy atom. The van der Waals surface area contributed by atoms with Crippen LogP contribution in [0.4, 0.5) is 5.69 Å². The van der Waals surface area contributed by atoms with Crippen LogP contribution >= 0.6 is 0 Å². The van der Waals surface area contributed by atoms with Gasteiger partial charge in [-0.15, -0.1) is 0 Å². The molecule has 0 aliphatic carbocycles. The smallest absolute Gasteiger partial charge is 0.322 e. The quantitative estimate of drug-likeness (QED) is 0.751. The van der Waals surface area contributed by atoms with Crippen molar-refractivity contribution in [1.82, 2.24) is 5.32 Å². The number of amides is 1. The predicted octanol–water partition coefficient (Wildman–Crippen LogP) is 1.04. The molecule has 1 amide bonds. The van der Waals surface area contributed by atoms with E-state index in [1.54, 1.807) is 20.8 Å². The van der Waals surface area contributed by atoms with Gasteiger partial charge in [-0.25, -0.2) is 8.42 Å². The van der Waals surface area contributed by atoms with Gasteiger partial charge in [-0.05, 0) is 45.0 Å². The third kappa shape index (κ3) is 4.75. The van der Waals surface area contributed by atoms with Gasteiger partial charge in [-0.3, -0.25) is 14.3 Å². The molecular weight excluding hydrogens is 296 g/mol. The van der Waals surface area contributed by atoms with E-state index in [1.165, 1.54) is 24.3 Å². The highest BCUT2D eigenvalue weighted by Gasteiger charge is 2.28. The molecule has 116 valence electrons. The molecule has 0 aromatic heterocycles. The monoisotopic (exact) mass is 314 g/mol. The fourth-order valence-electron chi connectivity index (χ4n) is 1.26. The number of sulfonamides is 1. The highest BCUT2D eigenvalue weighted by molar-refractivity contribution is 7.94. The third-order valence-electron chi connectivity index (χ3n) is 2.61. The van der Waals surface area contributed by atoms with E-state index in [-0.39, 0.29) is 5.56 Å². The molecule has 0 saturated carbocycles. The van der Waals surface area contributed by atoms with Crippen molar-refractivity contribution >= 4 is 27.6 Å². The van der Waals surface area contributed by atoms with Gasteiger partial charge in [0.2, 0.25) is 10.0 Å². The maximum atomic E-state index is 12.0. The molecule has 0 saturated heterocycles. The average Bonchev–Trinajstić information content (AvgIpc) is 2.35. The van der Waals surface area contributed by atoms with Gasteiger partial charge in [0, 0.05) is 11.3 Å². The first-order valence-electron chi connectivity index (χ1n) is 6.15. The number of carbonyl (C=O) groups is 2. The second kappa shape index (κ2) is 6.13. The fourth-order valence-corrected chi connectivity index (χ4v) is 2.01. The van der Waals surface area contributed by atoms with Crippen molar-refractivity contribution in [2.24, 2.45) is 0 Å². The van der Waals surface area contributed by atoms with Crippen LogP contribution in [0.5, 0.6) is 0 Å². The predicted molar refractivity (Wildman–Crippen MR) is 78.7 cm³/mol. The summed E-state index contributed by atoms with van der Waals surface area (Å²) in [7, 11) is -3.53. The summed E-state index contributed by atoms with van der Waals surface area (Å²) in [6, 6.07) is 5.72. The van der Waals surface area contributed by atoms with E-state index in [9.17, 15) is 18.0 Å². The average molecular weight is 314 g/mol. The summed E-state index contributed by atoms with van der Waals surface area (Å²) in [5.74, 6) is -1.68. The molecule has 0 bridgehead atoms. The van der Waals surface area contributed by atoms with Gasteiger partial charge in [0.25, 0.3) is 5.91 Å². The minimum atomic E-state index is -3.53. The molecule has 0 aliphatic rings. The molecule has 7 nitrogen and oxygen atoms in total. The van der Waals surface area contributed by atoms with Crippen LogP contribution in [0.15, 0.2) is 24.3 Å². The minimum absolute atomic E-state index is 0.245. The molecule has 0 atom stereocenters. The molecule has 0 spiro atoms. The first-order valence-corrected chi connectivity index (χ1v) is 7.64. The molecule has 1 aromatic carbocycles. The molecule has 0 radical (unpaired) electrons. The lowest BCUT2D eigenvalue weighted by Gasteiger charge is -2.20. The molecule has 1 aromatic rings. The van der Waals surface area contributed by atoms with Crippen LogP contribution in [0.2, 0.25) is 0 Å².